The van der Waals surface area contributed by atoms with Gasteiger partial charge in [-0.25, -0.2) is 12.8 Å². The van der Waals surface area contributed by atoms with Gasteiger partial charge < -0.3 is 15.0 Å². The van der Waals surface area contributed by atoms with Gasteiger partial charge in [-0.05, 0) is 48.7 Å². The van der Waals surface area contributed by atoms with Gasteiger partial charge in [-0.3, -0.25) is 14.3 Å². The van der Waals surface area contributed by atoms with Gasteiger partial charge in [0.2, 0.25) is 15.9 Å². The van der Waals surface area contributed by atoms with Gasteiger partial charge in [-0.15, -0.1) is 4.40 Å². The van der Waals surface area contributed by atoms with Gasteiger partial charge in [0.1, 0.15) is 16.5 Å². The fourth-order valence-electron chi connectivity index (χ4n) is 5.83. The van der Waals surface area contributed by atoms with Gasteiger partial charge in [-0.2, -0.15) is 8.42 Å². The Morgan fingerprint density at radius 1 is 1.13 bits per heavy atom. The third-order valence-corrected chi connectivity index (χ3v) is 9.26. The van der Waals surface area contributed by atoms with Gasteiger partial charge in [0, 0.05) is 12.2 Å². The van der Waals surface area contributed by atoms with E-state index in [1.54, 1.807) is 12.1 Å². The number of amidine groups is 1. The molecule has 3 saturated heterocycles. The van der Waals surface area contributed by atoms with Crippen LogP contribution in [0.4, 0.5) is 15.8 Å². The van der Waals surface area contributed by atoms with Gasteiger partial charge in [0.25, 0.3) is 10.0 Å². The third kappa shape index (κ3) is 4.16. The monoisotopic (exact) mass is 562 g/mol. The molecule has 5 unspecified atom stereocenters. The van der Waals surface area contributed by atoms with Crippen molar-refractivity contribution in [2.75, 3.05) is 16.3 Å². The number of carbonyl (C=O) groups is 2. The SMILES string of the molecule is CS(=O)(=O)Nc1ccc2c(c1)S(=O)(=O)N=C(C1C(=O)C3C4CCC(O4)C3N(Cc3ccc(F)cc3)C1=O)N2. The maximum Gasteiger partial charge on any atom is 0.286 e. The minimum atomic E-state index is -4.38. The number of hydrogen-bond donors (Lipinski definition) is 2. The van der Waals surface area contributed by atoms with E-state index < -0.39 is 55.4 Å². The Hall–Kier alpha value is -3.36. The molecule has 4 aliphatic heterocycles. The number of ketones is 1. The average molecular weight is 563 g/mol. The Kier molecular flexibility index (Phi) is 5.63. The molecule has 0 aromatic heterocycles. The fraction of sp³-hybridized carbons (Fsp3) is 0.375. The summed E-state index contributed by atoms with van der Waals surface area (Å²) in [5.74, 6) is -3.96. The van der Waals surface area contributed by atoms with Crippen LogP contribution in [-0.4, -0.2) is 63.8 Å². The quantitative estimate of drug-likeness (QED) is 0.520. The number of benzene rings is 2. The molecule has 6 rings (SSSR count). The van der Waals surface area contributed by atoms with Gasteiger partial charge >= 0.3 is 0 Å². The molecule has 11 nitrogen and oxygen atoms in total. The molecule has 3 fully saturated rings. The number of fused-ring (bicyclic) bond motifs is 6. The van der Waals surface area contributed by atoms with E-state index in [1.165, 1.54) is 29.2 Å². The molecule has 2 aromatic carbocycles. The summed E-state index contributed by atoms with van der Waals surface area (Å²) in [6.45, 7) is 0.0910. The standard InChI is InChI=1S/C24H23FN4O7S2/c1-37(32,33)27-14-6-7-15-18(10-14)38(34,35)28-23(26-15)20-22(30)19-16-8-9-17(36-16)21(19)29(24(20)31)11-12-2-4-13(25)5-3-12/h2-7,10,16-17,19-21,27H,8-9,11H2,1H3,(H,26,28). The van der Waals surface area contributed by atoms with Crippen LogP contribution in [0.1, 0.15) is 18.4 Å². The Bertz CT molecular complexity index is 1610. The second kappa shape index (κ2) is 8.58. The van der Waals surface area contributed by atoms with Crippen molar-refractivity contribution >= 4 is 48.9 Å². The molecule has 0 radical (unpaired) electrons. The molecule has 2 N–H and O–H groups in total. The van der Waals surface area contributed by atoms with Crippen molar-refractivity contribution in [1.82, 2.24) is 4.90 Å². The minimum Gasteiger partial charge on any atom is -0.372 e. The first-order valence-electron chi connectivity index (χ1n) is 11.9. The Balaban J connectivity index is 1.37. The van der Waals surface area contributed by atoms with E-state index in [0.29, 0.717) is 18.4 Å². The zero-order valence-corrected chi connectivity index (χ0v) is 21.6. The number of sulfonamides is 2. The van der Waals surface area contributed by atoms with Crippen LogP contribution in [0.2, 0.25) is 0 Å². The number of nitrogens with one attached hydrogen (secondary N) is 2. The van der Waals surface area contributed by atoms with E-state index in [0.717, 1.165) is 12.3 Å². The molecule has 0 saturated carbocycles. The molecule has 0 spiro atoms. The van der Waals surface area contributed by atoms with Crippen LogP contribution in [0.25, 0.3) is 0 Å². The number of piperidine rings is 1. The lowest BCUT2D eigenvalue weighted by Crippen LogP contribution is -2.62. The van der Waals surface area contributed by atoms with E-state index in [4.69, 9.17) is 4.74 Å². The van der Waals surface area contributed by atoms with Crippen LogP contribution >= 0.6 is 0 Å². The fourth-order valence-corrected chi connectivity index (χ4v) is 7.57. The number of carbonyl (C=O) groups excluding carboxylic acids is 2. The topological polar surface area (TPSA) is 151 Å². The first-order valence-corrected chi connectivity index (χ1v) is 15.2. The lowest BCUT2D eigenvalue weighted by atomic mass is 9.73. The molecule has 38 heavy (non-hydrogen) atoms. The van der Waals surface area contributed by atoms with Crippen LogP contribution in [0, 0.1) is 17.7 Å². The summed E-state index contributed by atoms with van der Waals surface area (Å²) in [6.07, 6.45) is 1.58. The number of halogens is 1. The second-order valence-corrected chi connectivity index (χ2v) is 13.2. The predicted molar refractivity (Wildman–Crippen MR) is 134 cm³/mol. The first-order chi connectivity index (χ1) is 17.9. The molecular formula is C24H23FN4O7S2. The number of likely N-dealkylation sites (tertiary alicyclic amines) is 1. The van der Waals surface area contributed by atoms with Crippen molar-refractivity contribution in [2.24, 2.45) is 16.2 Å². The number of nitrogens with zero attached hydrogens (tertiary/aromatic N) is 2. The lowest BCUT2D eigenvalue weighted by molar-refractivity contribution is -0.151. The van der Waals surface area contributed by atoms with E-state index >= 15 is 0 Å². The summed E-state index contributed by atoms with van der Waals surface area (Å²) < 4.78 is 74.9. The van der Waals surface area contributed by atoms with Crippen molar-refractivity contribution in [3.05, 3.63) is 53.8 Å². The number of Topliss-reactive ketones (excluding diaryl/α,β-unsaturated/α-hetero) is 1. The molecule has 2 bridgehead atoms. The number of hydrogen-bond acceptors (Lipinski definition) is 8. The molecule has 2 aromatic rings. The van der Waals surface area contributed by atoms with Crippen molar-refractivity contribution < 1.29 is 35.6 Å². The summed E-state index contributed by atoms with van der Waals surface area (Å²) in [5.41, 5.74) is 0.732. The molecule has 1 amide bonds. The largest absolute Gasteiger partial charge is 0.372 e. The molecular weight excluding hydrogens is 539 g/mol. The van der Waals surface area contributed by atoms with Crippen molar-refractivity contribution in [3.63, 3.8) is 0 Å². The van der Waals surface area contributed by atoms with Crippen molar-refractivity contribution in [2.45, 2.75) is 42.5 Å². The number of anilines is 2. The summed E-state index contributed by atoms with van der Waals surface area (Å²) in [5, 5.41) is 2.82. The number of ether oxygens (including phenoxy) is 1. The molecule has 200 valence electrons. The first kappa shape index (κ1) is 24.9. The molecule has 0 aliphatic carbocycles. The van der Waals surface area contributed by atoms with Gasteiger partial charge in [0.05, 0.1) is 36.1 Å². The van der Waals surface area contributed by atoms with Crippen LogP contribution in [0.15, 0.2) is 51.8 Å². The minimum absolute atomic E-state index is 0.0209. The maximum atomic E-state index is 13.8. The summed E-state index contributed by atoms with van der Waals surface area (Å²) >= 11 is 0. The Labute approximate surface area is 218 Å². The highest BCUT2D eigenvalue weighted by molar-refractivity contribution is 7.92. The maximum absolute atomic E-state index is 13.8. The summed E-state index contributed by atoms with van der Waals surface area (Å²) in [4.78, 5) is 28.8. The molecule has 4 heterocycles. The molecule has 4 aliphatic rings. The smallest absolute Gasteiger partial charge is 0.286 e. The average Bonchev–Trinajstić information content (AvgIpc) is 3.45. The van der Waals surface area contributed by atoms with E-state index in [1.807, 2.05) is 0 Å². The molecule has 5 atom stereocenters. The second-order valence-electron chi connectivity index (χ2n) is 9.90. The predicted octanol–water partition coefficient (Wildman–Crippen LogP) is 1.48. The van der Waals surface area contributed by atoms with E-state index in [-0.39, 0.29) is 40.9 Å². The zero-order valence-electron chi connectivity index (χ0n) is 20.0. The highest BCUT2D eigenvalue weighted by Gasteiger charge is 2.62. The van der Waals surface area contributed by atoms with Crippen LogP contribution in [-0.2, 0) is 40.9 Å². The third-order valence-electron chi connectivity index (χ3n) is 7.32. The highest BCUT2D eigenvalue weighted by Crippen LogP contribution is 2.47. The van der Waals surface area contributed by atoms with Crippen LogP contribution < -0.4 is 10.0 Å². The zero-order chi connectivity index (χ0) is 27.0. The van der Waals surface area contributed by atoms with Crippen molar-refractivity contribution in [3.8, 4) is 0 Å². The van der Waals surface area contributed by atoms with Crippen LogP contribution in [0.3, 0.4) is 0 Å². The summed E-state index contributed by atoms with van der Waals surface area (Å²) in [6, 6.07) is 8.97. The van der Waals surface area contributed by atoms with Crippen LogP contribution in [0.5, 0.6) is 0 Å². The van der Waals surface area contributed by atoms with Gasteiger partial charge in [0.15, 0.2) is 11.7 Å². The normalized spacial score (nSPS) is 29.4. The highest BCUT2D eigenvalue weighted by atomic mass is 32.2. The Morgan fingerprint density at radius 3 is 2.55 bits per heavy atom. The van der Waals surface area contributed by atoms with Gasteiger partial charge in [-0.1, -0.05) is 12.1 Å². The van der Waals surface area contributed by atoms with Crippen molar-refractivity contribution in [1.29, 1.82) is 0 Å². The summed E-state index contributed by atoms with van der Waals surface area (Å²) in [7, 11) is -8.04. The number of rotatable bonds is 5. The molecule has 14 heteroatoms. The van der Waals surface area contributed by atoms with E-state index in [2.05, 4.69) is 14.4 Å². The Morgan fingerprint density at radius 2 is 1.84 bits per heavy atom. The number of amides is 1. The van der Waals surface area contributed by atoms with E-state index in [9.17, 15) is 30.8 Å². The lowest BCUT2D eigenvalue weighted by Gasteiger charge is -2.44.